The van der Waals surface area contributed by atoms with E-state index in [1.54, 1.807) is 0 Å². The normalized spacial score (nSPS) is 25.3. The SMILES string of the molecule is O=C(NC1CCC(C(=O)O)CC1)NC1(Cc2ccccc2)CCCC1. The summed E-state index contributed by atoms with van der Waals surface area (Å²) in [4.78, 5) is 23.6. The van der Waals surface area contributed by atoms with E-state index < -0.39 is 5.97 Å². The Bertz CT molecular complexity index is 588. The zero-order valence-electron chi connectivity index (χ0n) is 14.7. The lowest BCUT2D eigenvalue weighted by molar-refractivity contribution is -0.142. The molecule has 0 radical (unpaired) electrons. The monoisotopic (exact) mass is 344 g/mol. The second-order valence-electron chi connectivity index (χ2n) is 7.64. The summed E-state index contributed by atoms with van der Waals surface area (Å²) in [5.41, 5.74) is 1.11. The van der Waals surface area contributed by atoms with Crippen LogP contribution in [-0.2, 0) is 11.2 Å². The van der Waals surface area contributed by atoms with Crippen LogP contribution < -0.4 is 10.6 Å². The molecule has 0 bridgehead atoms. The maximum absolute atomic E-state index is 12.5. The summed E-state index contributed by atoms with van der Waals surface area (Å²) in [6.45, 7) is 0. The molecule has 136 valence electrons. The maximum Gasteiger partial charge on any atom is 0.315 e. The summed E-state index contributed by atoms with van der Waals surface area (Å²) in [6.07, 6.45) is 7.99. The highest BCUT2D eigenvalue weighted by molar-refractivity contribution is 5.75. The number of carbonyl (C=O) groups is 2. The highest BCUT2D eigenvalue weighted by Gasteiger charge is 2.36. The summed E-state index contributed by atoms with van der Waals surface area (Å²) in [5, 5.41) is 15.4. The van der Waals surface area contributed by atoms with E-state index in [9.17, 15) is 9.59 Å². The van der Waals surface area contributed by atoms with E-state index in [1.807, 2.05) is 18.2 Å². The van der Waals surface area contributed by atoms with Crippen LogP contribution >= 0.6 is 0 Å². The van der Waals surface area contributed by atoms with Crippen LogP contribution in [0.1, 0.15) is 56.9 Å². The molecule has 0 aromatic heterocycles. The third-order valence-electron chi connectivity index (χ3n) is 5.74. The summed E-state index contributed by atoms with van der Waals surface area (Å²) in [7, 11) is 0. The van der Waals surface area contributed by atoms with Gasteiger partial charge in [-0.3, -0.25) is 4.79 Å². The summed E-state index contributed by atoms with van der Waals surface area (Å²) in [5.74, 6) is -0.962. The largest absolute Gasteiger partial charge is 0.481 e. The fourth-order valence-electron chi connectivity index (χ4n) is 4.33. The smallest absolute Gasteiger partial charge is 0.315 e. The molecular weight excluding hydrogens is 316 g/mol. The number of carboxylic acids is 1. The van der Waals surface area contributed by atoms with Crippen molar-refractivity contribution in [3.05, 3.63) is 35.9 Å². The average Bonchev–Trinajstić information content (AvgIpc) is 3.04. The molecule has 0 aliphatic heterocycles. The molecule has 0 saturated heterocycles. The number of benzene rings is 1. The first-order valence-electron chi connectivity index (χ1n) is 9.42. The third-order valence-corrected chi connectivity index (χ3v) is 5.74. The van der Waals surface area contributed by atoms with Gasteiger partial charge in [-0.2, -0.15) is 0 Å². The van der Waals surface area contributed by atoms with Gasteiger partial charge in [-0.25, -0.2) is 4.79 Å². The van der Waals surface area contributed by atoms with Gasteiger partial charge in [0.05, 0.1) is 5.92 Å². The van der Waals surface area contributed by atoms with E-state index in [0.717, 1.165) is 44.9 Å². The fraction of sp³-hybridized carbons (Fsp3) is 0.600. The fourth-order valence-corrected chi connectivity index (χ4v) is 4.33. The van der Waals surface area contributed by atoms with Crippen molar-refractivity contribution in [2.24, 2.45) is 5.92 Å². The predicted molar refractivity (Wildman–Crippen MR) is 96.4 cm³/mol. The maximum atomic E-state index is 12.5. The molecular formula is C20H28N2O3. The first-order chi connectivity index (χ1) is 12.1. The number of amides is 2. The minimum atomic E-state index is -0.712. The van der Waals surface area contributed by atoms with Gasteiger partial charge in [-0.05, 0) is 50.5 Å². The Hall–Kier alpha value is -2.04. The van der Waals surface area contributed by atoms with Crippen LogP contribution in [0.25, 0.3) is 0 Å². The number of nitrogens with one attached hydrogen (secondary N) is 2. The van der Waals surface area contributed by atoms with E-state index in [0.29, 0.717) is 12.8 Å². The number of rotatable bonds is 5. The number of aliphatic carboxylic acids is 1. The molecule has 0 unspecified atom stereocenters. The predicted octanol–water partition coefficient (Wildman–Crippen LogP) is 3.48. The van der Waals surface area contributed by atoms with Crippen LogP contribution in [0.5, 0.6) is 0 Å². The molecule has 0 spiro atoms. The number of hydrogen-bond donors (Lipinski definition) is 3. The molecule has 5 nitrogen and oxygen atoms in total. The molecule has 2 saturated carbocycles. The van der Waals surface area contributed by atoms with Crippen molar-refractivity contribution in [2.75, 3.05) is 0 Å². The second kappa shape index (κ2) is 7.89. The molecule has 2 aliphatic rings. The summed E-state index contributed by atoms with van der Waals surface area (Å²) in [6, 6.07) is 10.3. The molecule has 0 atom stereocenters. The van der Waals surface area contributed by atoms with E-state index in [4.69, 9.17) is 5.11 Å². The second-order valence-corrected chi connectivity index (χ2v) is 7.64. The van der Waals surface area contributed by atoms with Crippen molar-refractivity contribution in [3.8, 4) is 0 Å². The third kappa shape index (κ3) is 4.74. The first-order valence-corrected chi connectivity index (χ1v) is 9.42. The highest BCUT2D eigenvalue weighted by Crippen LogP contribution is 2.33. The van der Waals surface area contributed by atoms with Gasteiger partial charge < -0.3 is 15.7 Å². The van der Waals surface area contributed by atoms with Crippen LogP contribution in [0.3, 0.4) is 0 Å². The number of carboxylic acid groups (broad SMARTS) is 1. The lowest BCUT2D eigenvalue weighted by Gasteiger charge is -2.33. The minimum Gasteiger partial charge on any atom is -0.481 e. The highest BCUT2D eigenvalue weighted by atomic mass is 16.4. The lowest BCUT2D eigenvalue weighted by atomic mass is 9.86. The Balaban J connectivity index is 1.54. The molecule has 3 rings (SSSR count). The van der Waals surface area contributed by atoms with Crippen molar-refractivity contribution >= 4 is 12.0 Å². The Morgan fingerprint density at radius 3 is 2.28 bits per heavy atom. The van der Waals surface area contributed by atoms with Crippen LogP contribution in [-0.4, -0.2) is 28.7 Å². The molecule has 0 heterocycles. The van der Waals surface area contributed by atoms with Crippen molar-refractivity contribution in [2.45, 2.75) is 69.4 Å². The Morgan fingerprint density at radius 1 is 1.04 bits per heavy atom. The van der Waals surface area contributed by atoms with Crippen LogP contribution in [0.4, 0.5) is 4.79 Å². The van der Waals surface area contributed by atoms with Crippen molar-refractivity contribution in [3.63, 3.8) is 0 Å². The van der Waals surface area contributed by atoms with Gasteiger partial charge in [-0.15, -0.1) is 0 Å². The van der Waals surface area contributed by atoms with Gasteiger partial charge >= 0.3 is 12.0 Å². The molecule has 2 aliphatic carbocycles. The zero-order valence-corrected chi connectivity index (χ0v) is 14.7. The Kier molecular flexibility index (Phi) is 5.61. The van der Waals surface area contributed by atoms with Gasteiger partial charge in [0, 0.05) is 11.6 Å². The van der Waals surface area contributed by atoms with Gasteiger partial charge in [0.1, 0.15) is 0 Å². The van der Waals surface area contributed by atoms with Crippen molar-refractivity contribution < 1.29 is 14.7 Å². The minimum absolute atomic E-state index is 0.0887. The van der Waals surface area contributed by atoms with Crippen molar-refractivity contribution in [1.29, 1.82) is 0 Å². The average molecular weight is 344 g/mol. The lowest BCUT2D eigenvalue weighted by Crippen LogP contribution is -2.54. The number of urea groups is 1. The van der Waals surface area contributed by atoms with E-state index in [-0.39, 0.29) is 23.5 Å². The topological polar surface area (TPSA) is 78.4 Å². The Labute approximate surface area is 149 Å². The van der Waals surface area contributed by atoms with Gasteiger partial charge in [0.15, 0.2) is 0 Å². The quantitative estimate of drug-likeness (QED) is 0.765. The van der Waals surface area contributed by atoms with Crippen LogP contribution in [0, 0.1) is 5.92 Å². The van der Waals surface area contributed by atoms with Gasteiger partial charge in [0.2, 0.25) is 0 Å². The van der Waals surface area contributed by atoms with E-state index in [2.05, 4.69) is 22.8 Å². The number of hydrogen-bond acceptors (Lipinski definition) is 2. The molecule has 25 heavy (non-hydrogen) atoms. The van der Waals surface area contributed by atoms with Crippen molar-refractivity contribution in [1.82, 2.24) is 10.6 Å². The van der Waals surface area contributed by atoms with Gasteiger partial charge in [0.25, 0.3) is 0 Å². The van der Waals surface area contributed by atoms with E-state index >= 15 is 0 Å². The van der Waals surface area contributed by atoms with Crippen LogP contribution in [0.15, 0.2) is 30.3 Å². The first kappa shape index (κ1) is 17.8. The Morgan fingerprint density at radius 2 is 1.68 bits per heavy atom. The molecule has 2 amide bonds. The van der Waals surface area contributed by atoms with Gasteiger partial charge in [-0.1, -0.05) is 43.2 Å². The summed E-state index contributed by atoms with van der Waals surface area (Å²) < 4.78 is 0. The standard InChI is InChI=1S/C20H28N2O3/c23-18(24)16-8-10-17(11-9-16)21-19(25)22-20(12-4-5-13-20)14-15-6-2-1-3-7-15/h1-3,6-7,16-17H,4-5,8-14H2,(H,23,24)(H2,21,22,25). The molecule has 3 N–H and O–H groups in total. The molecule has 2 fully saturated rings. The molecule has 1 aromatic rings. The van der Waals surface area contributed by atoms with Crippen LogP contribution in [0.2, 0.25) is 0 Å². The summed E-state index contributed by atoms with van der Waals surface area (Å²) >= 11 is 0. The zero-order chi connectivity index (χ0) is 17.7. The molecule has 5 heteroatoms. The molecule has 1 aromatic carbocycles. The number of carbonyl (C=O) groups excluding carboxylic acids is 1. The van der Waals surface area contributed by atoms with E-state index in [1.165, 1.54) is 5.56 Å².